The number of esters is 1. The normalized spacial score (nSPS) is 10.2. The maximum Gasteiger partial charge on any atom is 0.338 e. The molecule has 120 valence electrons. The highest BCUT2D eigenvalue weighted by Crippen LogP contribution is 2.21. The lowest BCUT2D eigenvalue weighted by Gasteiger charge is -2.11. The van der Waals surface area contributed by atoms with E-state index < -0.39 is 5.97 Å². The van der Waals surface area contributed by atoms with Crippen molar-refractivity contribution in [3.63, 3.8) is 0 Å². The summed E-state index contributed by atoms with van der Waals surface area (Å²) in [6.07, 6.45) is 0. The largest absolute Gasteiger partial charge is 0.489 e. The van der Waals surface area contributed by atoms with Crippen molar-refractivity contribution in [1.29, 1.82) is 0 Å². The maximum atomic E-state index is 12.9. The van der Waals surface area contributed by atoms with Crippen LogP contribution in [0.5, 0.6) is 5.75 Å². The van der Waals surface area contributed by atoms with Crippen LogP contribution in [0.1, 0.15) is 40.1 Å². The molecule has 0 radical (unpaired) electrons. The second kappa shape index (κ2) is 7.54. The zero-order valence-corrected chi connectivity index (χ0v) is 13.0. The van der Waals surface area contributed by atoms with Crippen LogP contribution in [-0.2, 0) is 11.3 Å². The molecule has 2 rings (SSSR count). The molecule has 5 heteroatoms. The first-order valence-corrected chi connectivity index (χ1v) is 7.20. The maximum absolute atomic E-state index is 12.9. The smallest absolute Gasteiger partial charge is 0.338 e. The van der Waals surface area contributed by atoms with E-state index in [1.54, 1.807) is 25.1 Å². The van der Waals surface area contributed by atoms with Gasteiger partial charge in [-0.25, -0.2) is 9.18 Å². The van der Waals surface area contributed by atoms with Gasteiger partial charge in [0.25, 0.3) is 0 Å². The molecule has 0 aliphatic heterocycles. The Morgan fingerprint density at radius 2 is 1.74 bits per heavy atom. The van der Waals surface area contributed by atoms with Crippen LogP contribution in [0.25, 0.3) is 0 Å². The van der Waals surface area contributed by atoms with E-state index in [1.807, 2.05) is 0 Å². The number of halogens is 1. The van der Waals surface area contributed by atoms with Gasteiger partial charge in [0.15, 0.2) is 5.78 Å². The Balaban J connectivity index is 2.19. The first-order valence-electron chi connectivity index (χ1n) is 7.20. The van der Waals surface area contributed by atoms with Crippen molar-refractivity contribution in [3.05, 3.63) is 65.0 Å². The number of hydrogen-bond donors (Lipinski definition) is 0. The van der Waals surface area contributed by atoms with Crippen molar-refractivity contribution in [2.24, 2.45) is 0 Å². The summed E-state index contributed by atoms with van der Waals surface area (Å²) >= 11 is 0. The lowest BCUT2D eigenvalue weighted by atomic mass is 10.0. The van der Waals surface area contributed by atoms with E-state index in [4.69, 9.17) is 9.47 Å². The second-order valence-electron chi connectivity index (χ2n) is 4.90. The molecule has 0 fully saturated rings. The predicted octanol–water partition coefficient (Wildman–Crippen LogP) is 3.78. The molecule has 0 aliphatic rings. The lowest BCUT2D eigenvalue weighted by Crippen LogP contribution is -2.11. The summed E-state index contributed by atoms with van der Waals surface area (Å²) in [6.45, 7) is 3.52. The molecule has 0 N–H and O–H groups in total. The van der Waals surface area contributed by atoms with Gasteiger partial charge in [-0.15, -0.1) is 0 Å². The number of benzene rings is 2. The minimum atomic E-state index is -0.565. The second-order valence-corrected chi connectivity index (χ2v) is 4.90. The van der Waals surface area contributed by atoms with Gasteiger partial charge < -0.3 is 9.47 Å². The van der Waals surface area contributed by atoms with E-state index in [2.05, 4.69) is 0 Å². The van der Waals surface area contributed by atoms with Gasteiger partial charge >= 0.3 is 5.97 Å². The average Bonchev–Trinajstić information content (AvgIpc) is 2.54. The molecule has 0 atom stereocenters. The average molecular weight is 316 g/mol. The van der Waals surface area contributed by atoms with Crippen LogP contribution in [0, 0.1) is 5.82 Å². The van der Waals surface area contributed by atoms with Crippen LogP contribution in [0.3, 0.4) is 0 Å². The monoisotopic (exact) mass is 316 g/mol. The molecule has 4 nitrogen and oxygen atoms in total. The van der Waals surface area contributed by atoms with Crippen LogP contribution in [0.2, 0.25) is 0 Å². The molecule has 0 saturated carbocycles. The molecule has 0 bridgehead atoms. The Morgan fingerprint density at radius 3 is 2.35 bits per heavy atom. The molecular formula is C18H17FO4. The van der Waals surface area contributed by atoms with Crippen LogP contribution in [0.4, 0.5) is 4.39 Å². The third-order valence-corrected chi connectivity index (χ3v) is 3.18. The standard InChI is InChI=1S/C18H17FO4/c1-3-22-18(21)17-10-15(8-9-16(17)12(2)20)23-11-13-4-6-14(19)7-5-13/h4-10H,3,11H2,1-2H3. The van der Waals surface area contributed by atoms with Crippen molar-refractivity contribution in [1.82, 2.24) is 0 Å². The number of ketones is 1. The van der Waals surface area contributed by atoms with Gasteiger partial charge in [0, 0.05) is 5.56 Å². The topological polar surface area (TPSA) is 52.6 Å². The Kier molecular flexibility index (Phi) is 5.46. The van der Waals surface area contributed by atoms with Crippen LogP contribution >= 0.6 is 0 Å². The molecule has 0 spiro atoms. The molecule has 23 heavy (non-hydrogen) atoms. The minimum absolute atomic E-state index is 0.177. The molecule has 0 aromatic heterocycles. The fraction of sp³-hybridized carbons (Fsp3) is 0.222. The van der Waals surface area contributed by atoms with Crippen molar-refractivity contribution in [3.8, 4) is 5.75 Å². The minimum Gasteiger partial charge on any atom is -0.489 e. The fourth-order valence-corrected chi connectivity index (χ4v) is 2.05. The van der Waals surface area contributed by atoms with E-state index in [9.17, 15) is 14.0 Å². The van der Waals surface area contributed by atoms with E-state index in [0.29, 0.717) is 5.75 Å². The number of ether oxygens (including phenoxy) is 2. The summed E-state index contributed by atoms with van der Waals surface area (Å²) in [5, 5.41) is 0. The highest BCUT2D eigenvalue weighted by atomic mass is 19.1. The number of rotatable bonds is 6. The summed E-state index contributed by atoms with van der Waals surface area (Å²) in [6, 6.07) is 10.6. The summed E-state index contributed by atoms with van der Waals surface area (Å²) in [7, 11) is 0. The van der Waals surface area contributed by atoms with Crippen LogP contribution in [-0.4, -0.2) is 18.4 Å². The third kappa shape index (κ3) is 4.39. The Labute approximate surface area is 133 Å². The predicted molar refractivity (Wildman–Crippen MR) is 83.1 cm³/mol. The van der Waals surface area contributed by atoms with Crippen LogP contribution < -0.4 is 4.74 Å². The third-order valence-electron chi connectivity index (χ3n) is 3.18. The first kappa shape index (κ1) is 16.7. The van der Waals surface area contributed by atoms with Gasteiger partial charge in [-0.05, 0) is 49.7 Å². The van der Waals surface area contributed by atoms with E-state index in [0.717, 1.165) is 5.56 Å². The fourth-order valence-electron chi connectivity index (χ4n) is 2.05. The van der Waals surface area contributed by atoms with Crippen molar-refractivity contribution < 1.29 is 23.5 Å². The highest BCUT2D eigenvalue weighted by molar-refractivity contribution is 6.05. The summed E-state index contributed by atoms with van der Waals surface area (Å²) in [5.74, 6) is -0.672. The highest BCUT2D eigenvalue weighted by Gasteiger charge is 2.16. The molecule has 0 heterocycles. The Bertz CT molecular complexity index is 707. The van der Waals surface area contributed by atoms with Gasteiger partial charge in [0.1, 0.15) is 18.2 Å². The molecule has 0 amide bonds. The van der Waals surface area contributed by atoms with Gasteiger partial charge in [-0.3, -0.25) is 4.79 Å². The molecule has 0 aliphatic carbocycles. The molecular weight excluding hydrogens is 299 g/mol. The number of carbonyl (C=O) groups is 2. The Hall–Kier alpha value is -2.69. The van der Waals surface area contributed by atoms with Crippen LogP contribution in [0.15, 0.2) is 42.5 Å². The zero-order chi connectivity index (χ0) is 16.8. The van der Waals surface area contributed by atoms with Gasteiger partial charge in [-0.2, -0.15) is 0 Å². The van der Waals surface area contributed by atoms with Crippen molar-refractivity contribution >= 4 is 11.8 Å². The van der Waals surface area contributed by atoms with E-state index in [-0.39, 0.29) is 35.9 Å². The van der Waals surface area contributed by atoms with Gasteiger partial charge in [0.05, 0.1) is 12.2 Å². The summed E-state index contributed by atoms with van der Waals surface area (Å²) in [4.78, 5) is 23.6. The Morgan fingerprint density at radius 1 is 1.04 bits per heavy atom. The number of Topliss-reactive ketones (excluding diaryl/α,β-unsaturated/α-hetero) is 1. The van der Waals surface area contributed by atoms with E-state index >= 15 is 0 Å². The number of carbonyl (C=O) groups excluding carboxylic acids is 2. The number of hydrogen-bond acceptors (Lipinski definition) is 4. The zero-order valence-electron chi connectivity index (χ0n) is 13.0. The van der Waals surface area contributed by atoms with Crippen molar-refractivity contribution in [2.75, 3.05) is 6.61 Å². The molecule has 2 aromatic carbocycles. The molecule has 0 saturated heterocycles. The molecule has 2 aromatic rings. The summed E-state index contributed by atoms with van der Waals surface area (Å²) in [5.41, 5.74) is 1.26. The summed E-state index contributed by atoms with van der Waals surface area (Å²) < 4.78 is 23.4. The van der Waals surface area contributed by atoms with Gasteiger partial charge in [0.2, 0.25) is 0 Å². The van der Waals surface area contributed by atoms with Gasteiger partial charge in [-0.1, -0.05) is 12.1 Å². The van der Waals surface area contributed by atoms with Crippen molar-refractivity contribution in [2.45, 2.75) is 20.5 Å². The molecule has 0 unspecified atom stereocenters. The SMILES string of the molecule is CCOC(=O)c1cc(OCc2ccc(F)cc2)ccc1C(C)=O. The van der Waals surface area contributed by atoms with E-state index in [1.165, 1.54) is 31.2 Å². The lowest BCUT2D eigenvalue weighted by molar-refractivity contribution is 0.0522. The quantitative estimate of drug-likeness (QED) is 0.601. The first-order chi connectivity index (χ1) is 11.0.